The predicted octanol–water partition coefficient (Wildman–Crippen LogP) is 1.89. The molecule has 6 atom stereocenters. The monoisotopic (exact) mass is 408 g/mol. The molecule has 2 N–H and O–H groups in total. The van der Waals surface area contributed by atoms with Crippen molar-refractivity contribution in [3.8, 4) is 0 Å². The highest BCUT2D eigenvalue weighted by atomic mass is 16.5. The summed E-state index contributed by atoms with van der Waals surface area (Å²) in [4.78, 5) is 41.0. The molecule has 7 heteroatoms. The van der Waals surface area contributed by atoms with Crippen molar-refractivity contribution in [3.05, 3.63) is 12.2 Å². The van der Waals surface area contributed by atoms with Crippen molar-refractivity contribution < 1.29 is 24.2 Å². The number of carbonyl (C=O) groups excluding carboxylic acids is 3. The average Bonchev–Trinajstić information content (AvgIpc) is 2.95. The molecule has 1 heterocycles. The van der Waals surface area contributed by atoms with Crippen LogP contribution in [0, 0.1) is 23.7 Å². The lowest BCUT2D eigenvalue weighted by Crippen LogP contribution is -2.53. The Balaban J connectivity index is 2.52. The standard InChI is InChI=1S/C22H36N2O5/c1-6-9-14-10-11-16-18(17(14)22(28)29-8-3)21(27)24(15(7-2)12-25)19(16)20(26)23-13(4)5/h10-11,13-19,25H,6-9,12H2,1-5H3,(H,23,26)/t14-,15+,16+,17-,18-,19+/m1/s1. The van der Waals surface area contributed by atoms with Gasteiger partial charge in [-0.05, 0) is 39.5 Å². The second kappa shape index (κ2) is 10.2. The number of aliphatic hydroxyl groups excluding tert-OH is 1. The number of nitrogens with zero attached hydrogens (tertiary/aromatic N) is 1. The van der Waals surface area contributed by atoms with Gasteiger partial charge in [-0.3, -0.25) is 14.4 Å². The molecule has 7 nitrogen and oxygen atoms in total. The maximum absolute atomic E-state index is 13.6. The van der Waals surface area contributed by atoms with E-state index in [1.807, 2.05) is 39.8 Å². The van der Waals surface area contributed by atoms with Gasteiger partial charge in [-0.25, -0.2) is 0 Å². The normalized spacial score (nSPS) is 29.7. The van der Waals surface area contributed by atoms with Crippen LogP contribution in [0.2, 0.25) is 0 Å². The molecule has 1 fully saturated rings. The third kappa shape index (κ3) is 4.65. The van der Waals surface area contributed by atoms with Crippen molar-refractivity contribution in [1.29, 1.82) is 0 Å². The molecule has 0 aromatic heterocycles. The van der Waals surface area contributed by atoms with Crippen LogP contribution < -0.4 is 5.32 Å². The van der Waals surface area contributed by atoms with Gasteiger partial charge in [0.25, 0.3) is 0 Å². The number of amides is 2. The van der Waals surface area contributed by atoms with Gasteiger partial charge in [0.2, 0.25) is 11.8 Å². The molecule has 0 radical (unpaired) electrons. The Labute approximate surface area is 173 Å². The summed E-state index contributed by atoms with van der Waals surface area (Å²) in [5.74, 6) is -2.60. The first kappa shape index (κ1) is 23.4. The van der Waals surface area contributed by atoms with Crippen molar-refractivity contribution in [1.82, 2.24) is 10.2 Å². The van der Waals surface area contributed by atoms with Crippen LogP contribution in [0.1, 0.15) is 53.9 Å². The summed E-state index contributed by atoms with van der Waals surface area (Å²) < 4.78 is 5.33. The van der Waals surface area contributed by atoms with Crippen LogP contribution in [0.3, 0.4) is 0 Å². The van der Waals surface area contributed by atoms with E-state index in [4.69, 9.17) is 4.74 Å². The number of aliphatic hydroxyl groups is 1. The highest BCUT2D eigenvalue weighted by Gasteiger charge is 2.58. The Bertz CT molecular complexity index is 629. The summed E-state index contributed by atoms with van der Waals surface area (Å²) in [5.41, 5.74) is 0. The second-order valence-electron chi connectivity index (χ2n) is 8.32. The van der Waals surface area contributed by atoms with Crippen LogP contribution in [0.5, 0.6) is 0 Å². The SMILES string of the molecule is CCC[C@@H]1C=C[C@H]2[C@@H](C(=O)N([C@@H](CC)CO)[C@@H]2C(=O)NC(C)C)[C@@H]1C(=O)OCC. The van der Waals surface area contributed by atoms with Crippen molar-refractivity contribution in [2.24, 2.45) is 23.7 Å². The van der Waals surface area contributed by atoms with Gasteiger partial charge in [0.15, 0.2) is 0 Å². The van der Waals surface area contributed by atoms with E-state index >= 15 is 0 Å². The summed E-state index contributed by atoms with van der Waals surface area (Å²) in [6, 6.07) is -1.27. The van der Waals surface area contributed by atoms with E-state index in [-0.39, 0.29) is 43.0 Å². The maximum Gasteiger partial charge on any atom is 0.310 e. The van der Waals surface area contributed by atoms with Crippen molar-refractivity contribution in [3.63, 3.8) is 0 Å². The zero-order chi connectivity index (χ0) is 21.7. The second-order valence-corrected chi connectivity index (χ2v) is 8.32. The first-order valence-corrected chi connectivity index (χ1v) is 10.9. The van der Waals surface area contributed by atoms with E-state index in [1.165, 1.54) is 4.90 Å². The van der Waals surface area contributed by atoms with Crippen LogP contribution in [0.15, 0.2) is 12.2 Å². The molecule has 0 aromatic carbocycles. The predicted molar refractivity (Wildman–Crippen MR) is 110 cm³/mol. The zero-order valence-corrected chi connectivity index (χ0v) is 18.3. The van der Waals surface area contributed by atoms with Gasteiger partial charge in [-0.15, -0.1) is 0 Å². The van der Waals surface area contributed by atoms with E-state index in [0.29, 0.717) is 6.42 Å². The summed E-state index contributed by atoms with van der Waals surface area (Å²) in [5, 5.41) is 12.8. The van der Waals surface area contributed by atoms with E-state index in [1.54, 1.807) is 6.92 Å². The molecule has 2 amide bonds. The van der Waals surface area contributed by atoms with Crippen LogP contribution in [0.25, 0.3) is 0 Å². The van der Waals surface area contributed by atoms with E-state index in [0.717, 1.165) is 12.8 Å². The van der Waals surface area contributed by atoms with Crippen LogP contribution in [-0.2, 0) is 19.1 Å². The number of allylic oxidation sites excluding steroid dienone is 1. The lowest BCUT2D eigenvalue weighted by atomic mass is 9.69. The summed E-state index contributed by atoms with van der Waals surface area (Å²) in [6.07, 6.45) is 6.10. The maximum atomic E-state index is 13.6. The number of rotatable bonds is 9. The highest BCUT2D eigenvalue weighted by Crippen LogP contribution is 2.46. The van der Waals surface area contributed by atoms with E-state index in [9.17, 15) is 19.5 Å². The quantitative estimate of drug-likeness (QED) is 0.449. The molecule has 1 aliphatic carbocycles. The molecule has 0 aromatic rings. The van der Waals surface area contributed by atoms with Gasteiger partial charge in [0, 0.05) is 12.0 Å². The molecule has 0 spiro atoms. The molecule has 2 aliphatic rings. The fourth-order valence-corrected chi connectivity index (χ4v) is 4.79. The van der Waals surface area contributed by atoms with E-state index in [2.05, 4.69) is 5.32 Å². The molecule has 1 saturated heterocycles. The number of fused-ring (bicyclic) bond motifs is 1. The Hall–Kier alpha value is -1.89. The largest absolute Gasteiger partial charge is 0.466 e. The Morgan fingerprint density at radius 2 is 1.93 bits per heavy atom. The first-order valence-electron chi connectivity index (χ1n) is 10.9. The lowest BCUT2D eigenvalue weighted by molar-refractivity contribution is -0.156. The number of ether oxygens (including phenoxy) is 1. The third-order valence-electron chi connectivity index (χ3n) is 6.00. The fraction of sp³-hybridized carbons (Fsp3) is 0.773. The lowest BCUT2D eigenvalue weighted by Gasteiger charge is -2.34. The number of carbonyl (C=O) groups is 3. The minimum absolute atomic E-state index is 0.0750. The molecule has 0 saturated carbocycles. The van der Waals surface area contributed by atoms with Crippen LogP contribution in [0.4, 0.5) is 0 Å². The smallest absolute Gasteiger partial charge is 0.310 e. The molecule has 164 valence electrons. The average molecular weight is 409 g/mol. The number of esters is 1. The summed E-state index contributed by atoms with van der Waals surface area (Å²) in [6.45, 7) is 9.45. The van der Waals surface area contributed by atoms with Gasteiger partial charge in [-0.2, -0.15) is 0 Å². The highest BCUT2D eigenvalue weighted by molar-refractivity contribution is 5.96. The van der Waals surface area contributed by atoms with Crippen molar-refractivity contribution in [2.75, 3.05) is 13.2 Å². The Kier molecular flexibility index (Phi) is 8.25. The first-order chi connectivity index (χ1) is 13.8. The molecular weight excluding hydrogens is 372 g/mol. The van der Waals surface area contributed by atoms with Crippen LogP contribution in [-0.4, -0.2) is 59.1 Å². The zero-order valence-electron chi connectivity index (χ0n) is 18.3. The molecule has 0 bridgehead atoms. The molecule has 2 rings (SSSR count). The third-order valence-corrected chi connectivity index (χ3v) is 6.00. The molecular formula is C22H36N2O5. The summed E-state index contributed by atoms with van der Waals surface area (Å²) >= 11 is 0. The van der Waals surface area contributed by atoms with Gasteiger partial charge < -0.3 is 20.1 Å². The number of likely N-dealkylation sites (tertiary alicyclic amines) is 1. The van der Waals surface area contributed by atoms with Gasteiger partial charge >= 0.3 is 5.97 Å². The van der Waals surface area contributed by atoms with Crippen molar-refractivity contribution in [2.45, 2.75) is 72.0 Å². The van der Waals surface area contributed by atoms with Gasteiger partial charge in [0.1, 0.15) is 6.04 Å². The topological polar surface area (TPSA) is 95.9 Å². The number of hydrogen-bond acceptors (Lipinski definition) is 5. The van der Waals surface area contributed by atoms with Gasteiger partial charge in [0.05, 0.1) is 31.1 Å². The van der Waals surface area contributed by atoms with E-state index < -0.39 is 29.8 Å². The van der Waals surface area contributed by atoms with Crippen molar-refractivity contribution >= 4 is 17.8 Å². The Morgan fingerprint density at radius 3 is 2.45 bits per heavy atom. The van der Waals surface area contributed by atoms with Gasteiger partial charge in [-0.1, -0.05) is 32.4 Å². The van der Waals surface area contributed by atoms with Crippen LogP contribution >= 0.6 is 0 Å². The number of nitrogens with one attached hydrogen (secondary N) is 1. The Morgan fingerprint density at radius 1 is 1.24 bits per heavy atom. The molecule has 1 aliphatic heterocycles. The number of hydrogen-bond donors (Lipinski definition) is 2. The molecule has 0 unspecified atom stereocenters. The fourth-order valence-electron chi connectivity index (χ4n) is 4.79. The minimum Gasteiger partial charge on any atom is -0.466 e. The summed E-state index contributed by atoms with van der Waals surface area (Å²) in [7, 11) is 0. The minimum atomic E-state index is -0.734. The molecule has 29 heavy (non-hydrogen) atoms.